The molecule has 1 rings (SSSR count). The Morgan fingerprint density at radius 1 is 1.40 bits per heavy atom. The Bertz CT molecular complexity index is 458. The van der Waals surface area contributed by atoms with Crippen molar-refractivity contribution in [2.45, 2.75) is 26.1 Å². The lowest BCUT2D eigenvalue weighted by molar-refractivity contribution is -0.144. The van der Waals surface area contributed by atoms with Gasteiger partial charge in [-0.1, -0.05) is 6.92 Å². The van der Waals surface area contributed by atoms with Crippen molar-refractivity contribution >= 4 is 0 Å². The fraction of sp³-hybridized carbons (Fsp3) is 0.500. The molecule has 4 nitrogen and oxygen atoms in total. The van der Waals surface area contributed by atoms with E-state index in [9.17, 15) is 22.8 Å². The summed E-state index contributed by atoms with van der Waals surface area (Å²) in [6.45, 7) is 1.56. The third-order valence-corrected chi connectivity index (χ3v) is 1.77. The number of nitrogens with zero attached hydrogens (tertiary/aromatic N) is 1. The first-order valence-electron chi connectivity index (χ1n) is 4.27. The molecule has 0 aromatic carbocycles. The highest BCUT2D eigenvalue weighted by molar-refractivity contribution is 5.05. The minimum atomic E-state index is -4.69. The summed E-state index contributed by atoms with van der Waals surface area (Å²) in [4.78, 5) is 23.6. The monoisotopic (exact) mass is 222 g/mol. The van der Waals surface area contributed by atoms with Crippen LogP contribution >= 0.6 is 0 Å². The zero-order chi connectivity index (χ0) is 11.6. The molecule has 0 spiro atoms. The second kappa shape index (κ2) is 3.92. The van der Waals surface area contributed by atoms with E-state index in [-0.39, 0.29) is 6.54 Å². The average molecular weight is 222 g/mol. The summed E-state index contributed by atoms with van der Waals surface area (Å²) in [6.07, 6.45) is -4.32. The van der Waals surface area contributed by atoms with Crippen molar-refractivity contribution in [3.63, 3.8) is 0 Å². The summed E-state index contributed by atoms with van der Waals surface area (Å²) in [5.41, 5.74) is -3.28. The molecule has 1 aromatic rings. The Balaban J connectivity index is 3.47. The van der Waals surface area contributed by atoms with Crippen LogP contribution in [0.4, 0.5) is 13.2 Å². The van der Waals surface area contributed by atoms with E-state index >= 15 is 0 Å². The lowest BCUT2D eigenvalue weighted by Crippen LogP contribution is -2.35. The van der Waals surface area contributed by atoms with Crippen molar-refractivity contribution in [2.24, 2.45) is 0 Å². The number of aromatic nitrogens is 2. The quantitative estimate of drug-likeness (QED) is 0.810. The highest BCUT2D eigenvalue weighted by Gasteiger charge is 2.34. The van der Waals surface area contributed by atoms with E-state index in [1.807, 2.05) is 0 Å². The summed E-state index contributed by atoms with van der Waals surface area (Å²) in [6, 6.07) is 0.386. The zero-order valence-corrected chi connectivity index (χ0v) is 7.89. The molecule has 1 aromatic heterocycles. The standard InChI is InChI=1S/C8H9F3N2O2/c1-2-3-13-5(8(9,10)11)4-6(14)12-7(13)15/h4H,2-3H2,1H3,(H,12,14,15). The second-order valence-electron chi connectivity index (χ2n) is 2.97. The van der Waals surface area contributed by atoms with Gasteiger partial charge in [-0.25, -0.2) is 4.79 Å². The van der Waals surface area contributed by atoms with Crippen LogP contribution < -0.4 is 11.2 Å². The highest BCUT2D eigenvalue weighted by Crippen LogP contribution is 2.27. The van der Waals surface area contributed by atoms with Gasteiger partial charge in [0.15, 0.2) is 0 Å². The summed E-state index contributed by atoms with van der Waals surface area (Å²) in [5, 5.41) is 0. The molecule has 0 saturated heterocycles. The molecule has 0 aliphatic rings. The van der Waals surface area contributed by atoms with Gasteiger partial charge in [-0.05, 0) is 6.42 Å². The van der Waals surface area contributed by atoms with E-state index in [2.05, 4.69) is 0 Å². The zero-order valence-electron chi connectivity index (χ0n) is 7.89. The maximum atomic E-state index is 12.4. The molecular formula is C8H9F3N2O2. The van der Waals surface area contributed by atoms with Crippen LogP contribution in [0.3, 0.4) is 0 Å². The van der Waals surface area contributed by atoms with Gasteiger partial charge >= 0.3 is 11.9 Å². The molecule has 15 heavy (non-hydrogen) atoms. The second-order valence-corrected chi connectivity index (χ2v) is 2.97. The predicted octanol–water partition coefficient (Wildman–Crippen LogP) is 0.965. The van der Waals surface area contributed by atoms with Gasteiger partial charge in [-0.3, -0.25) is 14.3 Å². The van der Waals surface area contributed by atoms with Crippen molar-refractivity contribution in [3.05, 3.63) is 32.6 Å². The Morgan fingerprint density at radius 3 is 2.47 bits per heavy atom. The van der Waals surface area contributed by atoms with Gasteiger partial charge in [0.25, 0.3) is 5.56 Å². The van der Waals surface area contributed by atoms with Gasteiger partial charge in [0, 0.05) is 12.6 Å². The fourth-order valence-corrected chi connectivity index (χ4v) is 1.20. The molecule has 84 valence electrons. The van der Waals surface area contributed by atoms with Crippen LogP contribution in [0, 0.1) is 0 Å². The van der Waals surface area contributed by atoms with E-state index in [0.717, 1.165) is 0 Å². The number of rotatable bonds is 2. The van der Waals surface area contributed by atoms with Gasteiger partial charge < -0.3 is 0 Å². The number of aromatic amines is 1. The number of halogens is 3. The third-order valence-electron chi connectivity index (χ3n) is 1.77. The molecule has 0 aliphatic heterocycles. The first kappa shape index (κ1) is 11.5. The molecule has 1 N–H and O–H groups in total. The largest absolute Gasteiger partial charge is 0.431 e. The van der Waals surface area contributed by atoms with Crippen LogP contribution in [0.1, 0.15) is 19.0 Å². The smallest absolute Gasteiger partial charge is 0.289 e. The number of hydrogen-bond donors (Lipinski definition) is 1. The summed E-state index contributed by atoms with van der Waals surface area (Å²) in [5.74, 6) is 0. The van der Waals surface area contributed by atoms with Crippen LogP contribution in [0.15, 0.2) is 15.7 Å². The SMILES string of the molecule is CCCn1c(C(F)(F)F)cc(=O)[nH]c1=O. The number of nitrogens with one attached hydrogen (secondary N) is 1. The fourth-order valence-electron chi connectivity index (χ4n) is 1.20. The molecule has 0 fully saturated rings. The molecule has 7 heteroatoms. The Kier molecular flexibility index (Phi) is 3.01. The molecule has 0 amide bonds. The number of H-pyrrole nitrogens is 1. The van der Waals surface area contributed by atoms with Crippen LogP contribution in [0.2, 0.25) is 0 Å². The van der Waals surface area contributed by atoms with Crippen LogP contribution in [0.25, 0.3) is 0 Å². The van der Waals surface area contributed by atoms with Crippen LogP contribution in [0.5, 0.6) is 0 Å². The minimum Gasteiger partial charge on any atom is -0.289 e. The van der Waals surface area contributed by atoms with Gasteiger partial charge in [-0.2, -0.15) is 13.2 Å². The minimum absolute atomic E-state index is 0.0789. The molecule has 0 radical (unpaired) electrons. The summed E-state index contributed by atoms with van der Waals surface area (Å²) < 4.78 is 37.8. The van der Waals surface area contributed by atoms with Crippen molar-refractivity contribution in [2.75, 3.05) is 0 Å². The molecular weight excluding hydrogens is 213 g/mol. The Labute approximate surface area is 82.4 Å². The first-order valence-corrected chi connectivity index (χ1v) is 4.27. The van der Waals surface area contributed by atoms with Crippen molar-refractivity contribution in [1.29, 1.82) is 0 Å². The molecule has 0 unspecified atom stereocenters. The van der Waals surface area contributed by atoms with Crippen LogP contribution in [-0.4, -0.2) is 9.55 Å². The third kappa shape index (κ3) is 2.48. The Morgan fingerprint density at radius 2 is 2.00 bits per heavy atom. The lowest BCUT2D eigenvalue weighted by atomic mass is 10.3. The van der Waals surface area contributed by atoms with E-state index in [1.54, 1.807) is 11.9 Å². The Hall–Kier alpha value is -1.53. The lowest BCUT2D eigenvalue weighted by Gasteiger charge is -2.13. The molecule has 0 atom stereocenters. The van der Waals surface area contributed by atoms with E-state index < -0.39 is 23.1 Å². The molecule has 1 heterocycles. The van der Waals surface area contributed by atoms with Gasteiger partial charge in [0.05, 0.1) is 0 Å². The van der Waals surface area contributed by atoms with E-state index in [1.165, 1.54) is 0 Å². The van der Waals surface area contributed by atoms with Gasteiger partial charge in [0.1, 0.15) is 5.69 Å². The van der Waals surface area contributed by atoms with Crippen molar-refractivity contribution in [1.82, 2.24) is 9.55 Å². The van der Waals surface area contributed by atoms with Gasteiger partial charge in [0.2, 0.25) is 0 Å². The normalized spacial score (nSPS) is 11.7. The average Bonchev–Trinajstić information content (AvgIpc) is 2.07. The van der Waals surface area contributed by atoms with Crippen LogP contribution in [-0.2, 0) is 12.7 Å². The van der Waals surface area contributed by atoms with Crippen molar-refractivity contribution in [3.8, 4) is 0 Å². The maximum Gasteiger partial charge on any atom is 0.431 e. The first-order chi connectivity index (χ1) is 6.86. The molecule has 0 aliphatic carbocycles. The molecule has 0 bridgehead atoms. The summed E-state index contributed by atoms with van der Waals surface area (Å²) in [7, 11) is 0. The topological polar surface area (TPSA) is 54.9 Å². The molecule has 0 saturated carbocycles. The maximum absolute atomic E-state index is 12.4. The van der Waals surface area contributed by atoms with Gasteiger partial charge in [-0.15, -0.1) is 0 Å². The van der Waals surface area contributed by atoms with E-state index in [0.29, 0.717) is 17.1 Å². The van der Waals surface area contributed by atoms with E-state index in [4.69, 9.17) is 0 Å². The summed E-state index contributed by atoms with van der Waals surface area (Å²) >= 11 is 0. The number of alkyl halides is 3. The van der Waals surface area contributed by atoms with Crippen molar-refractivity contribution < 1.29 is 13.2 Å². The highest BCUT2D eigenvalue weighted by atomic mass is 19.4. The predicted molar refractivity (Wildman–Crippen MR) is 46.6 cm³/mol. The number of hydrogen-bond acceptors (Lipinski definition) is 2.